The zero-order valence-electron chi connectivity index (χ0n) is 16.2. The zero-order chi connectivity index (χ0) is 20.8. The highest BCUT2D eigenvalue weighted by molar-refractivity contribution is 5.81. The minimum atomic E-state index is -0.510. The van der Waals surface area contributed by atoms with Crippen molar-refractivity contribution in [1.29, 1.82) is 0 Å². The van der Waals surface area contributed by atoms with Crippen LogP contribution in [0.3, 0.4) is 0 Å². The van der Waals surface area contributed by atoms with Gasteiger partial charge >= 0.3 is 5.97 Å². The molecule has 1 saturated heterocycles. The topological polar surface area (TPSA) is 80.1 Å². The van der Waals surface area contributed by atoms with Gasteiger partial charge in [-0.25, -0.2) is 4.39 Å². The van der Waals surface area contributed by atoms with Crippen molar-refractivity contribution in [1.82, 2.24) is 9.80 Å². The molecule has 0 atom stereocenters. The molecular formula is C21H23FN2O5. The van der Waals surface area contributed by atoms with Crippen LogP contribution in [0.4, 0.5) is 4.39 Å². The molecule has 1 aliphatic heterocycles. The average Bonchev–Trinajstić information content (AvgIpc) is 3.19. The number of hydrogen-bond donors (Lipinski definition) is 0. The highest BCUT2D eigenvalue weighted by atomic mass is 19.1. The lowest BCUT2D eigenvalue weighted by Gasteiger charge is -2.34. The predicted molar refractivity (Wildman–Crippen MR) is 102 cm³/mol. The second-order valence-electron chi connectivity index (χ2n) is 6.79. The molecule has 1 aromatic heterocycles. The molecule has 2 amide bonds. The second-order valence-corrected chi connectivity index (χ2v) is 6.79. The van der Waals surface area contributed by atoms with E-state index in [0.29, 0.717) is 49.7 Å². The van der Waals surface area contributed by atoms with Crippen LogP contribution in [0.25, 0.3) is 11.3 Å². The van der Waals surface area contributed by atoms with Crippen LogP contribution in [0.1, 0.15) is 19.1 Å². The number of nitrogens with zero attached hydrogens (tertiary/aromatic N) is 2. The Balaban J connectivity index is 1.41. The fraction of sp³-hybridized carbons (Fsp3) is 0.381. The van der Waals surface area contributed by atoms with E-state index in [1.165, 1.54) is 13.0 Å². The number of amides is 2. The van der Waals surface area contributed by atoms with Crippen LogP contribution < -0.4 is 0 Å². The standard InChI is InChI=1S/C21H23FN2O5/c1-15(25)23-10-12-24(13-11-23)20(26)14-28-21(27)9-7-16-6-8-19(29-16)17-4-2-3-5-18(17)22/h2-6,8H,7,9-14H2,1H3. The lowest BCUT2D eigenvalue weighted by molar-refractivity contribution is -0.153. The average molecular weight is 402 g/mol. The van der Waals surface area contributed by atoms with Crippen molar-refractivity contribution < 1.29 is 27.9 Å². The van der Waals surface area contributed by atoms with Crippen molar-refractivity contribution in [2.45, 2.75) is 19.8 Å². The molecule has 29 heavy (non-hydrogen) atoms. The number of piperazine rings is 1. The van der Waals surface area contributed by atoms with E-state index in [1.807, 2.05) is 0 Å². The number of aryl methyl sites for hydroxylation is 1. The van der Waals surface area contributed by atoms with Gasteiger partial charge in [-0.1, -0.05) is 12.1 Å². The van der Waals surface area contributed by atoms with E-state index in [0.717, 1.165) is 0 Å². The van der Waals surface area contributed by atoms with Gasteiger partial charge < -0.3 is 19.0 Å². The molecular weight excluding hydrogens is 379 g/mol. The van der Waals surface area contributed by atoms with Crippen molar-refractivity contribution in [3.05, 3.63) is 48.0 Å². The molecule has 3 rings (SSSR count). The number of carbonyl (C=O) groups excluding carboxylic acids is 3. The van der Waals surface area contributed by atoms with Crippen molar-refractivity contribution in [2.75, 3.05) is 32.8 Å². The largest absolute Gasteiger partial charge is 0.461 e. The van der Waals surface area contributed by atoms with Crippen molar-refractivity contribution in [3.63, 3.8) is 0 Å². The van der Waals surface area contributed by atoms with Gasteiger partial charge in [-0.3, -0.25) is 14.4 Å². The third-order valence-electron chi connectivity index (χ3n) is 4.81. The van der Waals surface area contributed by atoms with Crippen LogP contribution in [-0.2, 0) is 25.5 Å². The minimum Gasteiger partial charge on any atom is -0.461 e. The first-order valence-electron chi connectivity index (χ1n) is 9.46. The third kappa shape index (κ3) is 5.43. The maximum atomic E-state index is 13.8. The lowest BCUT2D eigenvalue weighted by atomic mass is 10.1. The normalized spacial score (nSPS) is 14.0. The fourth-order valence-electron chi connectivity index (χ4n) is 3.12. The summed E-state index contributed by atoms with van der Waals surface area (Å²) in [4.78, 5) is 38.6. The minimum absolute atomic E-state index is 0.0142. The number of hydrogen-bond acceptors (Lipinski definition) is 5. The van der Waals surface area contributed by atoms with E-state index in [1.54, 1.807) is 40.1 Å². The maximum absolute atomic E-state index is 13.8. The summed E-state index contributed by atoms with van der Waals surface area (Å²) in [5, 5.41) is 0. The molecule has 0 unspecified atom stereocenters. The zero-order valence-corrected chi connectivity index (χ0v) is 16.2. The molecule has 0 spiro atoms. The molecule has 2 heterocycles. The molecule has 2 aromatic rings. The number of ether oxygens (including phenoxy) is 1. The van der Waals surface area contributed by atoms with Crippen molar-refractivity contribution in [2.24, 2.45) is 0 Å². The van der Waals surface area contributed by atoms with E-state index >= 15 is 0 Å². The first-order valence-corrected chi connectivity index (χ1v) is 9.46. The summed E-state index contributed by atoms with van der Waals surface area (Å²) in [6.45, 7) is 3.01. The van der Waals surface area contributed by atoms with Gasteiger partial charge in [0, 0.05) is 39.5 Å². The molecule has 154 valence electrons. The number of esters is 1. The molecule has 1 aromatic carbocycles. The van der Waals surface area contributed by atoms with Crippen LogP contribution in [0.5, 0.6) is 0 Å². The maximum Gasteiger partial charge on any atom is 0.306 e. The SMILES string of the molecule is CC(=O)N1CCN(C(=O)COC(=O)CCc2ccc(-c3ccccc3F)o2)CC1. The van der Waals surface area contributed by atoms with E-state index in [2.05, 4.69) is 0 Å². The van der Waals surface area contributed by atoms with Gasteiger partial charge in [0.15, 0.2) is 6.61 Å². The molecule has 7 nitrogen and oxygen atoms in total. The smallest absolute Gasteiger partial charge is 0.306 e. The number of benzene rings is 1. The number of carbonyl (C=O) groups is 3. The molecule has 1 aliphatic rings. The van der Waals surface area contributed by atoms with Crippen molar-refractivity contribution in [3.8, 4) is 11.3 Å². The van der Waals surface area contributed by atoms with Gasteiger partial charge in [-0.2, -0.15) is 0 Å². The summed E-state index contributed by atoms with van der Waals surface area (Å²) < 4.78 is 24.4. The van der Waals surface area contributed by atoms with E-state index < -0.39 is 5.97 Å². The monoisotopic (exact) mass is 402 g/mol. The van der Waals surface area contributed by atoms with Gasteiger partial charge in [0.2, 0.25) is 5.91 Å². The lowest BCUT2D eigenvalue weighted by Crippen LogP contribution is -2.51. The first-order chi connectivity index (χ1) is 13.9. The Kier molecular flexibility index (Phi) is 6.64. The number of halogens is 1. The Morgan fingerprint density at radius 3 is 2.41 bits per heavy atom. The molecule has 1 fully saturated rings. The van der Waals surface area contributed by atoms with Gasteiger partial charge in [0.1, 0.15) is 17.3 Å². The number of rotatable bonds is 6. The van der Waals surface area contributed by atoms with Gasteiger partial charge in [0.05, 0.1) is 12.0 Å². The first kappa shape index (κ1) is 20.6. The quantitative estimate of drug-likeness (QED) is 0.693. The molecule has 0 aliphatic carbocycles. The fourth-order valence-corrected chi connectivity index (χ4v) is 3.12. The summed E-state index contributed by atoms with van der Waals surface area (Å²) in [7, 11) is 0. The van der Waals surface area contributed by atoms with Crippen LogP contribution in [0.15, 0.2) is 40.8 Å². The number of furan rings is 1. The Labute approximate surface area is 168 Å². The Morgan fingerprint density at radius 2 is 1.72 bits per heavy atom. The molecule has 0 saturated carbocycles. The summed E-state index contributed by atoms with van der Waals surface area (Å²) in [6.07, 6.45) is 0.342. The van der Waals surface area contributed by atoms with Crippen LogP contribution in [-0.4, -0.2) is 60.4 Å². The van der Waals surface area contributed by atoms with Crippen LogP contribution in [0.2, 0.25) is 0 Å². The van der Waals surface area contributed by atoms with E-state index in [-0.39, 0.29) is 30.7 Å². The highest BCUT2D eigenvalue weighted by Gasteiger charge is 2.23. The Hall–Kier alpha value is -3.16. The highest BCUT2D eigenvalue weighted by Crippen LogP contribution is 2.25. The Bertz CT molecular complexity index is 887. The third-order valence-corrected chi connectivity index (χ3v) is 4.81. The van der Waals surface area contributed by atoms with Crippen LogP contribution in [0, 0.1) is 5.82 Å². The molecule has 0 radical (unpaired) electrons. The van der Waals surface area contributed by atoms with Gasteiger partial charge in [0.25, 0.3) is 5.91 Å². The molecule has 0 bridgehead atoms. The van der Waals surface area contributed by atoms with Crippen LogP contribution >= 0.6 is 0 Å². The Morgan fingerprint density at radius 1 is 1.03 bits per heavy atom. The molecule has 8 heteroatoms. The molecule has 0 N–H and O–H groups in total. The second kappa shape index (κ2) is 9.36. The predicted octanol–water partition coefficient (Wildman–Crippen LogP) is 2.25. The van der Waals surface area contributed by atoms with E-state index in [9.17, 15) is 18.8 Å². The summed E-state index contributed by atoms with van der Waals surface area (Å²) in [5.41, 5.74) is 0.358. The van der Waals surface area contributed by atoms with E-state index in [4.69, 9.17) is 9.15 Å². The van der Waals surface area contributed by atoms with Crippen molar-refractivity contribution >= 4 is 17.8 Å². The van der Waals surface area contributed by atoms with Gasteiger partial charge in [-0.15, -0.1) is 0 Å². The van der Waals surface area contributed by atoms with Gasteiger partial charge in [-0.05, 0) is 24.3 Å². The summed E-state index contributed by atoms with van der Waals surface area (Å²) in [6, 6.07) is 9.64. The summed E-state index contributed by atoms with van der Waals surface area (Å²) >= 11 is 0. The summed E-state index contributed by atoms with van der Waals surface area (Å²) in [5.74, 6) is -0.251.